The summed E-state index contributed by atoms with van der Waals surface area (Å²) in [4.78, 5) is 31.8. The zero-order chi connectivity index (χ0) is 24.9. The highest BCUT2D eigenvalue weighted by Crippen LogP contribution is 2.46. The molecular formula is C22H16F4N8O. The third-order valence-electron chi connectivity index (χ3n) is 6.21. The van der Waals surface area contributed by atoms with Crippen LogP contribution in [0, 0.1) is 17.1 Å². The topological polar surface area (TPSA) is 126 Å². The first-order valence-corrected chi connectivity index (χ1v) is 10.6. The van der Waals surface area contributed by atoms with Gasteiger partial charge in [-0.3, -0.25) is 9.78 Å². The zero-order valence-corrected chi connectivity index (χ0v) is 18.1. The lowest BCUT2D eigenvalue weighted by molar-refractivity contribution is -0.141. The maximum atomic E-state index is 13.2. The van der Waals surface area contributed by atoms with E-state index in [-0.39, 0.29) is 28.6 Å². The van der Waals surface area contributed by atoms with Gasteiger partial charge in [-0.1, -0.05) is 6.07 Å². The third-order valence-corrected chi connectivity index (χ3v) is 6.21. The van der Waals surface area contributed by atoms with Crippen molar-refractivity contribution in [1.29, 1.82) is 5.26 Å². The second-order valence-electron chi connectivity index (χ2n) is 8.26. The lowest BCUT2D eigenvalue weighted by Gasteiger charge is -2.34. The van der Waals surface area contributed by atoms with Gasteiger partial charge in [0.15, 0.2) is 17.2 Å². The largest absolute Gasteiger partial charge is 0.433 e. The number of fused-ring (bicyclic) bond motifs is 1. The number of nitrogens with one attached hydrogen (secondary N) is 1. The fourth-order valence-corrected chi connectivity index (χ4v) is 4.20. The molecule has 1 saturated carbocycles. The van der Waals surface area contributed by atoms with Crippen molar-refractivity contribution in [3.8, 4) is 6.07 Å². The van der Waals surface area contributed by atoms with Crippen molar-refractivity contribution in [2.24, 2.45) is 0 Å². The standard InChI is InChI=1S/C22H16F4N8O/c1-10(11-2-5-16(28-7-11)22(24,25)26)34-20-17(15(6-27)33-34)21(35)32-19(31-20)14-4-3-13(14)18-29-8-12(23)9-30-18/h2,5,7-10,13-14H,3-4H2,1H3,(H,31,32,35)/t10-,13-,14-/m1/s1. The Morgan fingerprint density at radius 3 is 2.43 bits per heavy atom. The van der Waals surface area contributed by atoms with Gasteiger partial charge in [0.2, 0.25) is 0 Å². The number of H-pyrrole nitrogens is 1. The number of hydrogen-bond donors (Lipinski definition) is 1. The van der Waals surface area contributed by atoms with Gasteiger partial charge in [0, 0.05) is 18.0 Å². The number of aromatic nitrogens is 7. The summed E-state index contributed by atoms with van der Waals surface area (Å²) in [7, 11) is 0. The predicted octanol–water partition coefficient (Wildman–Crippen LogP) is 3.60. The smallest absolute Gasteiger partial charge is 0.310 e. The van der Waals surface area contributed by atoms with Crippen LogP contribution in [0.2, 0.25) is 0 Å². The molecule has 0 unspecified atom stereocenters. The van der Waals surface area contributed by atoms with Crippen LogP contribution in [0.4, 0.5) is 17.6 Å². The average molecular weight is 484 g/mol. The summed E-state index contributed by atoms with van der Waals surface area (Å²) in [5, 5.41) is 13.7. The molecule has 0 amide bonds. The number of rotatable bonds is 4. The van der Waals surface area contributed by atoms with Gasteiger partial charge < -0.3 is 4.98 Å². The Hall–Kier alpha value is -4.21. The van der Waals surface area contributed by atoms with Crippen molar-refractivity contribution < 1.29 is 17.6 Å². The van der Waals surface area contributed by atoms with E-state index in [1.165, 1.54) is 10.7 Å². The van der Waals surface area contributed by atoms with E-state index in [4.69, 9.17) is 0 Å². The molecular weight excluding hydrogens is 468 g/mol. The van der Waals surface area contributed by atoms with Crippen molar-refractivity contribution in [2.45, 2.75) is 43.8 Å². The molecule has 0 bridgehead atoms. The van der Waals surface area contributed by atoms with Gasteiger partial charge in [-0.2, -0.15) is 23.5 Å². The summed E-state index contributed by atoms with van der Waals surface area (Å²) < 4.78 is 53.2. The highest BCUT2D eigenvalue weighted by molar-refractivity contribution is 5.80. The monoisotopic (exact) mass is 484 g/mol. The van der Waals surface area contributed by atoms with Crippen LogP contribution in [0.1, 0.15) is 66.2 Å². The van der Waals surface area contributed by atoms with Gasteiger partial charge in [0.05, 0.1) is 18.4 Å². The number of aromatic amines is 1. The molecule has 13 heteroatoms. The zero-order valence-electron chi connectivity index (χ0n) is 18.1. The van der Waals surface area contributed by atoms with E-state index in [2.05, 4.69) is 30.0 Å². The number of nitrogens with zero attached hydrogens (tertiary/aromatic N) is 7. The summed E-state index contributed by atoms with van der Waals surface area (Å²) in [6, 6.07) is 3.32. The van der Waals surface area contributed by atoms with E-state index < -0.39 is 29.3 Å². The van der Waals surface area contributed by atoms with E-state index in [0.29, 0.717) is 30.1 Å². The summed E-state index contributed by atoms with van der Waals surface area (Å²) in [6.45, 7) is 1.65. The quantitative estimate of drug-likeness (QED) is 0.439. The molecule has 0 saturated heterocycles. The summed E-state index contributed by atoms with van der Waals surface area (Å²) >= 11 is 0. The minimum atomic E-state index is -4.58. The minimum absolute atomic E-state index is 0.0168. The molecule has 4 aromatic heterocycles. The predicted molar refractivity (Wildman–Crippen MR) is 113 cm³/mol. The Kier molecular flexibility index (Phi) is 5.31. The first kappa shape index (κ1) is 22.6. The van der Waals surface area contributed by atoms with Crippen LogP contribution in [0.3, 0.4) is 0 Å². The van der Waals surface area contributed by atoms with Crippen molar-refractivity contribution in [2.75, 3.05) is 0 Å². The molecule has 4 aromatic rings. The Morgan fingerprint density at radius 2 is 1.86 bits per heavy atom. The van der Waals surface area contributed by atoms with Crippen LogP contribution in [0.5, 0.6) is 0 Å². The summed E-state index contributed by atoms with van der Waals surface area (Å²) in [5.74, 6) is -0.206. The maximum Gasteiger partial charge on any atom is 0.433 e. The SMILES string of the molecule is C[C@H](c1ccc(C(F)(F)F)nc1)n1nc(C#N)c2c(=O)[nH]c([C@@H]3CC[C@H]3c3ncc(F)cn3)nc21. The first-order chi connectivity index (χ1) is 16.7. The molecule has 178 valence electrons. The van der Waals surface area contributed by atoms with Gasteiger partial charge in [0.25, 0.3) is 5.56 Å². The van der Waals surface area contributed by atoms with Crippen LogP contribution in [0.25, 0.3) is 11.0 Å². The maximum absolute atomic E-state index is 13.2. The Labute approximate surface area is 194 Å². The van der Waals surface area contributed by atoms with Gasteiger partial charge in [-0.15, -0.1) is 0 Å². The van der Waals surface area contributed by atoms with Crippen LogP contribution >= 0.6 is 0 Å². The Balaban J connectivity index is 1.56. The van der Waals surface area contributed by atoms with Gasteiger partial charge in [-0.25, -0.2) is 24.0 Å². The molecule has 1 aliphatic rings. The highest BCUT2D eigenvalue weighted by atomic mass is 19.4. The number of hydrogen-bond acceptors (Lipinski definition) is 7. The summed E-state index contributed by atoms with van der Waals surface area (Å²) in [5.41, 5.74) is -1.24. The fourth-order valence-electron chi connectivity index (χ4n) is 4.20. The number of nitriles is 1. The second-order valence-corrected chi connectivity index (χ2v) is 8.26. The molecule has 5 rings (SSSR count). The van der Waals surface area contributed by atoms with Crippen molar-refractivity contribution in [3.05, 3.63) is 75.5 Å². The van der Waals surface area contributed by atoms with Crippen molar-refractivity contribution in [3.63, 3.8) is 0 Å². The van der Waals surface area contributed by atoms with E-state index in [9.17, 15) is 27.6 Å². The number of alkyl halides is 3. The van der Waals surface area contributed by atoms with Crippen LogP contribution < -0.4 is 5.56 Å². The Morgan fingerprint density at radius 1 is 1.14 bits per heavy atom. The molecule has 0 aliphatic heterocycles. The van der Waals surface area contributed by atoms with Gasteiger partial charge in [-0.05, 0) is 31.4 Å². The van der Waals surface area contributed by atoms with Crippen LogP contribution in [-0.4, -0.2) is 34.7 Å². The van der Waals surface area contributed by atoms with E-state index >= 15 is 0 Å². The lowest BCUT2D eigenvalue weighted by Crippen LogP contribution is -2.28. The van der Waals surface area contributed by atoms with Crippen molar-refractivity contribution >= 4 is 11.0 Å². The van der Waals surface area contributed by atoms with Crippen molar-refractivity contribution in [1.82, 2.24) is 34.7 Å². The summed E-state index contributed by atoms with van der Waals surface area (Å²) in [6.07, 6.45) is 0.0442. The minimum Gasteiger partial charge on any atom is -0.310 e. The van der Waals surface area contributed by atoms with E-state index in [1.807, 2.05) is 6.07 Å². The molecule has 0 spiro atoms. The molecule has 0 aromatic carbocycles. The average Bonchev–Trinajstić information content (AvgIpc) is 3.18. The Bertz CT molecular complexity index is 1500. The molecule has 1 aliphatic carbocycles. The second kappa shape index (κ2) is 8.23. The molecule has 3 atom stereocenters. The van der Waals surface area contributed by atoms with Gasteiger partial charge in [0.1, 0.15) is 28.8 Å². The normalized spacial score (nSPS) is 18.7. The van der Waals surface area contributed by atoms with Gasteiger partial charge >= 0.3 is 6.18 Å². The molecule has 1 N–H and O–H groups in total. The molecule has 4 heterocycles. The molecule has 35 heavy (non-hydrogen) atoms. The molecule has 0 radical (unpaired) electrons. The molecule has 1 fully saturated rings. The van der Waals surface area contributed by atoms with E-state index in [1.54, 1.807) is 6.92 Å². The first-order valence-electron chi connectivity index (χ1n) is 10.6. The van der Waals surface area contributed by atoms with E-state index in [0.717, 1.165) is 24.7 Å². The molecule has 9 nitrogen and oxygen atoms in total. The highest BCUT2D eigenvalue weighted by Gasteiger charge is 2.38. The van der Waals surface area contributed by atoms with Crippen LogP contribution in [0.15, 0.2) is 35.5 Å². The lowest BCUT2D eigenvalue weighted by atomic mass is 9.72. The number of halogens is 4. The van der Waals surface area contributed by atoms with Crippen LogP contribution in [-0.2, 0) is 6.18 Å². The third kappa shape index (κ3) is 3.90. The fraction of sp³-hybridized carbons (Fsp3) is 0.318. The number of pyridine rings is 1.